The molecule has 4 rings (SSSR count). The largest absolute Gasteiger partial charge is 0.328 e. The molecule has 2 aromatic carbocycles. The van der Waals surface area contributed by atoms with Gasteiger partial charge in [-0.1, -0.05) is 51.8 Å². The first kappa shape index (κ1) is 18.4. The summed E-state index contributed by atoms with van der Waals surface area (Å²) in [4.78, 5) is 17.6. The van der Waals surface area contributed by atoms with E-state index in [1.807, 2.05) is 57.2 Å². The molecule has 0 saturated carbocycles. The van der Waals surface area contributed by atoms with E-state index < -0.39 is 0 Å². The number of hydrogen-bond acceptors (Lipinski definition) is 4. The van der Waals surface area contributed by atoms with Crippen molar-refractivity contribution in [2.75, 3.05) is 10.6 Å². The van der Waals surface area contributed by atoms with Gasteiger partial charge in [-0.2, -0.15) is 10.1 Å². The van der Waals surface area contributed by atoms with Gasteiger partial charge in [0.15, 0.2) is 0 Å². The van der Waals surface area contributed by atoms with E-state index in [1.165, 1.54) is 6.33 Å². The van der Waals surface area contributed by atoms with Crippen LogP contribution in [0.4, 0.5) is 11.6 Å². The topological polar surface area (TPSA) is 71.8 Å². The highest BCUT2D eigenvalue weighted by molar-refractivity contribution is 9.10. The number of fused-ring (bicyclic) bond motifs is 1. The second-order valence-electron chi connectivity index (χ2n) is 6.89. The summed E-state index contributed by atoms with van der Waals surface area (Å²) in [5.74, 6) is 0.445. The van der Waals surface area contributed by atoms with Gasteiger partial charge in [-0.25, -0.2) is 4.68 Å². The molecule has 0 radical (unpaired) electrons. The molecule has 6 nitrogen and oxygen atoms in total. The minimum Gasteiger partial charge on any atom is -0.328 e. The van der Waals surface area contributed by atoms with Gasteiger partial charge < -0.3 is 10.6 Å². The highest BCUT2D eigenvalue weighted by Gasteiger charge is 2.34. The van der Waals surface area contributed by atoms with Gasteiger partial charge in [0.05, 0.1) is 5.57 Å². The Labute approximate surface area is 171 Å². The normalized spacial score (nSPS) is 15.8. The Balaban J connectivity index is 1.79. The summed E-state index contributed by atoms with van der Waals surface area (Å²) in [7, 11) is 0. The zero-order chi connectivity index (χ0) is 19.8. The molecule has 1 aromatic heterocycles. The molecule has 1 atom stereocenters. The van der Waals surface area contributed by atoms with Crippen LogP contribution < -0.4 is 10.6 Å². The highest BCUT2D eigenvalue weighted by atomic mass is 79.9. The first-order valence-electron chi connectivity index (χ1n) is 8.96. The third-order valence-electron chi connectivity index (χ3n) is 4.87. The SMILES string of the molecule is CC1=C(C(=O)Nc2ccc(C)cc2C)[C@@H](c2ccccc2Br)n2ncnc2N1. The van der Waals surface area contributed by atoms with Crippen molar-refractivity contribution in [3.8, 4) is 0 Å². The van der Waals surface area contributed by atoms with E-state index in [1.54, 1.807) is 4.68 Å². The number of amides is 1. The van der Waals surface area contributed by atoms with Gasteiger partial charge in [0.2, 0.25) is 5.95 Å². The van der Waals surface area contributed by atoms with Crippen LogP contribution in [-0.2, 0) is 4.79 Å². The van der Waals surface area contributed by atoms with Crippen LogP contribution >= 0.6 is 15.9 Å². The predicted octanol–water partition coefficient (Wildman–Crippen LogP) is 4.59. The fraction of sp³-hybridized carbons (Fsp3) is 0.190. The van der Waals surface area contributed by atoms with Gasteiger partial charge in [0.1, 0.15) is 12.4 Å². The van der Waals surface area contributed by atoms with Gasteiger partial charge in [0.25, 0.3) is 5.91 Å². The second kappa shape index (κ2) is 7.24. The molecule has 28 heavy (non-hydrogen) atoms. The number of benzene rings is 2. The molecule has 2 heterocycles. The quantitative estimate of drug-likeness (QED) is 0.628. The summed E-state index contributed by atoms with van der Waals surface area (Å²) >= 11 is 3.62. The first-order chi connectivity index (χ1) is 13.5. The van der Waals surface area contributed by atoms with E-state index in [0.717, 1.165) is 32.5 Å². The van der Waals surface area contributed by atoms with Crippen LogP contribution in [-0.4, -0.2) is 20.7 Å². The molecule has 0 aliphatic carbocycles. The zero-order valence-electron chi connectivity index (χ0n) is 15.8. The summed E-state index contributed by atoms with van der Waals surface area (Å²) in [6.07, 6.45) is 1.49. The Hall–Kier alpha value is -2.93. The molecule has 7 heteroatoms. The number of nitrogens with zero attached hydrogens (tertiary/aromatic N) is 3. The van der Waals surface area contributed by atoms with Gasteiger partial charge >= 0.3 is 0 Å². The molecule has 0 unspecified atom stereocenters. The first-order valence-corrected chi connectivity index (χ1v) is 9.75. The van der Waals surface area contributed by atoms with Crippen LogP contribution in [0.2, 0.25) is 0 Å². The second-order valence-corrected chi connectivity index (χ2v) is 7.74. The van der Waals surface area contributed by atoms with E-state index in [-0.39, 0.29) is 11.9 Å². The molecule has 3 aromatic rings. The summed E-state index contributed by atoms with van der Waals surface area (Å²) in [6, 6.07) is 13.4. The Kier molecular flexibility index (Phi) is 4.77. The lowest BCUT2D eigenvalue weighted by atomic mass is 9.95. The number of rotatable bonds is 3. The van der Waals surface area contributed by atoms with Gasteiger partial charge in [-0.15, -0.1) is 0 Å². The standard InChI is InChI=1S/C21H20BrN5O/c1-12-8-9-17(13(2)10-12)26-20(28)18-14(3)25-21-23-11-24-27(21)19(18)15-6-4-5-7-16(15)22/h4-11,19H,1-3H3,(H,26,28)(H,23,24,25)/t19-/m1/s1. The maximum absolute atomic E-state index is 13.4. The minimum absolute atomic E-state index is 0.168. The molecule has 1 aliphatic rings. The van der Waals surface area contributed by atoms with E-state index in [9.17, 15) is 4.79 Å². The summed E-state index contributed by atoms with van der Waals surface area (Å²) in [5.41, 5.74) is 5.28. The summed E-state index contributed by atoms with van der Waals surface area (Å²) in [6.45, 7) is 5.91. The number of aromatic nitrogens is 3. The number of carbonyl (C=O) groups excluding carboxylic acids is 1. The molecular formula is C21H20BrN5O. The van der Waals surface area contributed by atoms with Crippen LogP contribution in [0.25, 0.3) is 0 Å². The van der Waals surface area contributed by atoms with Crippen LogP contribution in [0.15, 0.2) is 64.5 Å². The molecule has 0 saturated heterocycles. The lowest BCUT2D eigenvalue weighted by molar-refractivity contribution is -0.113. The molecule has 142 valence electrons. The van der Waals surface area contributed by atoms with Crippen molar-refractivity contribution in [1.29, 1.82) is 0 Å². The summed E-state index contributed by atoms with van der Waals surface area (Å²) < 4.78 is 2.65. The van der Waals surface area contributed by atoms with Crippen LogP contribution in [0.3, 0.4) is 0 Å². The van der Waals surface area contributed by atoms with Crippen molar-refractivity contribution in [3.05, 3.63) is 81.2 Å². The lowest BCUT2D eigenvalue weighted by Gasteiger charge is -2.29. The minimum atomic E-state index is -0.389. The molecule has 0 fully saturated rings. The lowest BCUT2D eigenvalue weighted by Crippen LogP contribution is -2.31. The van der Waals surface area contributed by atoms with Crippen molar-refractivity contribution in [2.24, 2.45) is 0 Å². The van der Waals surface area contributed by atoms with Crippen molar-refractivity contribution < 1.29 is 4.79 Å². The number of nitrogens with one attached hydrogen (secondary N) is 2. The van der Waals surface area contributed by atoms with Crippen LogP contribution in [0.1, 0.15) is 29.7 Å². The number of aryl methyl sites for hydroxylation is 2. The smallest absolute Gasteiger partial charge is 0.255 e. The highest BCUT2D eigenvalue weighted by Crippen LogP contribution is 2.38. The Morgan fingerprint density at radius 2 is 1.96 bits per heavy atom. The molecule has 1 aliphatic heterocycles. The molecule has 0 spiro atoms. The monoisotopic (exact) mass is 437 g/mol. The Morgan fingerprint density at radius 1 is 1.18 bits per heavy atom. The van der Waals surface area contributed by atoms with Crippen molar-refractivity contribution in [1.82, 2.24) is 14.8 Å². The number of hydrogen-bond donors (Lipinski definition) is 2. The maximum atomic E-state index is 13.4. The van der Waals surface area contributed by atoms with Gasteiger partial charge in [0, 0.05) is 15.9 Å². The number of carbonyl (C=O) groups is 1. The average Bonchev–Trinajstić information content (AvgIpc) is 3.11. The van der Waals surface area contributed by atoms with Crippen molar-refractivity contribution in [3.63, 3.8) is 0 Å². The molecular weight excluding hydrogens is 418 g/mol. The number of anilines is 2. The third kappa shape index (κ3) is 3.22. The van der Waals surface area contributed by atoms with Gasteiger partial charge in [-0.05, 0) is 44.0 Å². The molecule has 0 bridgehead atoms. The Bertz CT molecular complexity index is 1100. The van der Waals surface area contributed by atoms with Gasteiger partial charge in [-0.3, -0.25) is 4.79 Å². The van der Waals surface area contributed by atoms with E-state index >= 15 is 0 Å². The van der Waals surface area contributed by atoms with Crippen LogP contribution in [0.5, 0.6) is 0 Å². The van der Waals surface area contributed by atoms with E-state index in [4.69, 9.17) is 0 Å². The third-order valence-corrected chi connectivity index (χ3v) is 5.59. The fourth-order valence-corrected chi connectivity index (χ4v) is 4.01. The van der Waals surface area contributed by atoms with E-state index in [2.05, 4.69) is 42.7 Å². The average molecular weight is 438 g/mol. The molecule has 1 amide bonds. The number of halogens is 1. The van der Waals surface area contributed by atoms with Crippen molar-refractivity contribution >= 4 is 33.5 Å². The summed E-state index contributed by atoms with van der Waals surface area (Å²) in [5, 5.41) is 10.6. The molecule has 2 N–H and O–H groups in total. The zero-order valence-corrected chi connectivity index (χ0v) is 17.4. The maximum Gasteiger partial charge on any atom is 0.255 e. The number of allylic oxidation sites excluding steroid dienone is 1. The van der Waals surface area contributed by atoms with Crippen LogP contribution in [0, 0.1) is 13.8 Å². The predicted molar refractivity (Wildman–Crippen MR) is 113 cm³/mol. The fourth-order valence-electron chi connectivity index (χ4n) is 3.51. The van der Waals surface area contributed by atoms with Crippen molar-refractivity contribution in [2.45, 2.75) is 26.8 Å². The van der Waals surface area contributed by atoms with E-state index in [0.29, 0.717) is 11.5 Å². The Morgan fingerprint density at radius 3 is 2.71 bits per heavy atom.